The normalized spacial score (nSPS) is 11.4. The predicted octanol–water partition coefficient (Wildman–Crippen LogP) is 11.7. The zero-order valence-corrected chi connectivity index (χ0v) is 28.9. The fourth-order valence-electron chi connectivity index (χ4n) is 5.50. The van der Waals surface area contributed by atoms with E-state index in [1.807, 2.05) is 0 Å². The highest BCUT2D eigenvalue weighted by Crippen LogP contribution is 2.16. The van der Waals surface area contributed by atoms with Crippen LogP contribution >= 0.6 is 0 Å². The third kappa shape index (κ3) is 41.6. The molecule has 248 valence electrons. The smallest absolute Gasteiger partial charge is 0.303 e. The Labute approximate surface area is 259 Å². The molecule has 0 radical (unpaired) electrons. The molecule has 0 heterocycles. The Balaban J connectivity index is 0. The van der Waals surface area contributed by atoms with Crippen molar-refractivity contribution >= 4 is 5.97 Å². The molecule has 4 N–H and O–H groups in total. The summed E-state index contributed by atoms with van der Waals surface area (Å²) in [6.07, 6.45) is 38.2. The van der Waals surface area contributed by atoms with Gasteiger partial charge in [-0.3, -0.25) is 4.79 Å². The van der Waals surface area contributed by atoms with Crippen LogP contribution in [0.2, 0.25) is 0 Å². The van der Waals surface area contributed by atoms with Gasteiger partial charge in [0.15, 0.2) is 0 Å². The van der Waals surface area contributed by atoms with Gasteiger partial charge in [0.25, 0.3) is 0 Å². The van der Waals surface area contributed by atoms with Gasteiger partial charge in [0, 0.05) is 12.0 Å². The zero-order valence-electron chi connectivity index (χ0n) is 28.9. The van der Waals surface area contributed by atoms with E-state index < -0.39 is 5.97 Å². The number of carbonyl (C=O) groups is 1. The highest BCUT2D eigenvalue weighted by atomic mass is 16.4. The second kappa shape index (κ2) is 35.6. The van der Waals surface area contributed by atoms with E-state index in [0.29, 0.717) is 12.0 Å². The number of nitrogens with one attached hydrogen (secondary N) is 1. The van der Waals surface area contributed by atoms with Gasteiger partial charge in [0.05, 0.1) is 0 Å². The lowest BCUT2D eigenvalue weighted by Gasteiger charge is -2.26. The molecule has 4 heteroatoms. The highest BCUT2D eigenvalue weighted by Gasteiger charge is 2.15. The summed E-state index contributed by atoms with van der Waals surface area (Å²) < 4.78 is 0. The topological polar surface area (TPSA) is 75.3 Å². The van der Waals surface area contributed by atoms with E-state index in [0.717, 1.165) is 32.4 Å². The Hall–Kier alpha value is -0.610. The van der Waals surface area contributed by atoms with Crippen molar-refractivity contribution in [3.8, 4) is 0 Å². The van der Waals surface area contributed by atoms with Gasteiger partial charge in [-0.05, 0) is 46.2 Å². The molecular formula is C37H78N2O2. The number of unbranched alkanes of at least 4 members (excludes halogenated alkanes) is 24. The molecule has 4 nitrogen and oxygen atoms in total. The first-order chi connectivity index (χ1) is 19.9. The molecule has 0 unspecified atom stereocenters. The summed E-state index contributed by atoms with van der Waals surface area (Å²) >= 11 is 0. The van der Waals surface area contributed by atoms with E-state index in [9.17, 15) is 4.79 Å². The second-order valence-electron chi connectivity index (χ2n) is 13.3. The average Bonchev–Trinajstić information content (AvgIpc) is 2.94. The number of rotatable bonds is 32. The number of carboxylic acids is 1. The molecule has 0 aromatic carbocycles. The minimum Gasteiger partial charge on any atom is -0.481 e. The van der Waals surface area contributed by atoms with Crippen molar-refractivity contribution in [1.29, 1.82) is 0 Å². The van der Waals surface area contributed by atoms with Crippen molar-refractivity contribution in [3.63, 3.8) is 0 Å². The van der Waals surface area contributed by atoms with Crippen molar-refractivity contribution in [2.75, 3.05) is 13.1 Å². The van der Waals surface area contributed by atoms with Crippen molar-refractivity contribution < 1.29 is 9.90 Å². The Morgan fingerprint density at radius 2 is 0.854 bits per heavy atom. The number of hydrogen-bond acceptors (Lipinski definition) is 3. The average molecular weight is 583 g/mol. The molecule has 0 atom stereocenters. The summed E-state index contributed by atoms with van der Waals surface area (Å²) in [6, 6.07) is 0. The third-order valence-corrected chi connectivity index (χ3v) is 8.38. The molecular weight excluding hydrogens is 504 g/mol. The van der Waals surface area contributed by atoms with E-state index in [4.69, 9.17) is 10.8 Å². The van der Waals surface area contributed by atoms with Crippen molar-refractivity contribution in [1.82, 2.24) is 5.32 Å². The van der Waals surface area contributed by atoms with Crippen molar-refractivity contribution in [2.45, 2.75) is 219 Å². The largest absolute Gasteiger partial charge is 0.481 e. The maximum Gasteiger partial charge on any atom is 0.303 e. The van der Waals surface area contributed by atoms with Gasteiger partial charge in [-0.25, -0.2) is 0 Å². The van der Waals surface area contributed by atoms with Crippen LogP contribution in [0.5, 0.6) is 0 Å². The number of nitrogens with two attached hydrogens (primary N) is 1. The summed E-state index contributed by atoms with van der Waals surface area (Å²) in [5.74, 6) is -0.651. The van der Waals surface area contributed by atoms with Crippen LogP contribution in [0.25, 0.3) is 0 Å². The number of carboxylic acid groups (broad SMARTS) is 1. The lowest BCUT2D eigenvalue weighted by molar-refractivity contribution is -0.137. The fraction of sp³-hybridized carbons (Fsp3) is 0.973. The molecule has 0 amide bonds. The summed E-state index contributed by atoms with van der Waals surface area (Å²) in [7, 11) is 0. The van der Waals surface area contributed by atoms with Crippen molar-refractivity contribution in [2.24, 2.45) is 5.73 Å². The van der Waals surface area contributed by atoms with Gasteiger partial charge in [0.2, 0.25) is 0 Å². The van der Waals surface area contributed by atoms with E-state index in [1.54, 1.807) is 0 Å². The molecule has 0 fully saturated rings. The lowest BCUT2D eigenvalue weighted by atomic mass is 9.96. The first kappa shape index (κ1) is 42.5. The van der Waals surface area contributed by atoms with E-state index in [-0.39, 0.29) is 0 Å². The Kier molecular flexibility index (Phi) is 36.9. The van der Waals surface area contributed by atoms with Crippen LogP contribution in [-0.2, 0) is 4.79 Å². The Bertz CT molecular complexity index is 495. The van der Waals surface area contributed by atoms with Crippen LogP contribution < -0.4 is 11.1 Å². The number of aliphatic carboxylic acids is 1. The standard InChI is InChI=1S/C22H44O2.C15H34N2/c1-2-3-4-5-6-7-8-9-10-11-12-13-14-15-16-17-18-19-20-21-22(23)24;1-4-5-6-7-8-9-10-12-15(2,3)17-14-11-13-16/h2-21H2,1H3,(H,23,24);17H,4-14,16H2,1-3H3. The van der Waals surface area contributed by atoms with Gasteiger partial charge in [0.1, 0.15) is 0 Å². The molecule has 0 saturated carbocycles. The van der Waals surface area contributed by atoms with Crippen LogP contribution in [0.3, 0.4) is 0 Å². The molecule has 0 bridgehead atoms. The molecule has 0 aromatic heterocycles. The summed E-state index contributed by atoms with van der Waals surface area (Å²) in [5.41, 5.74) is 5.79. The van der Waals surface area contributed by atoms with Crippen LogP contribution in [0, 0.1) is 0 Å². The quantitative estimate of drug-likeness (QED) is 0.0689. The molecule has 0 aromatic rings. The van der Waals surface area contributed by atoms with Gasteiger partial charge >= 0.3 is 5.97 Å². The first-order valence-electron chi connectivity index (χ1n) is 18.6. The monoisotopic (exact) mass is 583 g/mol. The zero-order chi connectivity index (χ0) is 30.7. The van der Waals surface area contributed by atoms with Gasteiger partial charge in [-0.1, -0.05) is 174 Å². The maximum absolute atomic E-state index is 10.4. The molecule has 0 rings (SSSR count). The maximum atomic E-state index is 10.4. The summed E-state index contributed by atoms with van der Waals surface area (Å²) in [6.45, 7) is 11.0. The third-order valence-electron chi connectivity index (χ3n) is 8.38. The molecule has 0 saturated heterocycles. The predicted molar refractivity (Wildman–Crippen MR) is 184 cm³/mol. The van der Waals surface area contributed by atoms with Crippen molar-refractivity contribution in [3.05, 3.63) is 0 Å². The SMILES string of the molecule is CCCCCCCCCC(C)(C)NCCCN.CCCCCCCCCCCCCCCCCCCCCC(=O)O. The summed E-state index contributed by atoms with van der Waals surface area (Å²) in [4.78, 5) is 10.4. The van der Waals surface area contributed by atoms with E-state index >= 15 is 0 Å². The first-order valence-corrected chi connectivity index (χ1v) is 18.6. The van der Waals surface area contributed by atoms with Crippen LogP contribution in [0.15, 0.2) is 0 Å². The fourth-order valence-corrected chi connectivity index (χ4v) is 5.50. The lowest BCUT2D eigenvalue weighted by Crippen LogP contribution is -2.40. The van der Waals surface area contributed by atoms with E-state index in [2.05, 4.69) is 33.0 Å². The van der Waals surface area contributed by atoms with Crippen LogP contribution in [-0.4, -0.2) is 29.7 Å². The van der Waals surface area contributed by atoms with E-state index in [1.165, 1.54) is 161 Å². The minimum atomic E-state index is -0.651. The van der Waals surface area contributed by atoms with Gasteiger partial charge < -0.3 is 16.2 Å². The second-order valence-corrected chi connectivity index (χ2v) is 13.3. The van der Waals surface area contributed by atoms with Crippen LogP contribution in [0.1, 0.15) is 214 Å². The molecule has 0 spiro atoms. The molecule has 0 aliphatic heterocycles. The van der Waals surface area contributed by atoms with Gasteiger partial charge in [-0.15, -0.1) is 0 Å². The molecule has 41 heavy (non-hydrogen) atoms. The van der Waals surface area contributed by atoms with Crippen LogP contribution in [0.4, 0.5) is 0 Å². The number of hydrogen-bond donors (Lipinski definition) is 3. The highest BCUT2D eigenvalue weighted by molar-refractivity contribution is 5.66. The molecule has 0 aliphatic rings. The van der Waals surface area contributed by atoms with Gasteiger partial charge in [-0.2, -0.15) is 0 Å². The molecule has 0 aliphatic carbocycles. The Morgan fingerprint density at radius 3 is 1.17 bits per heavy atom. The Morgan fingerprint density at radius 1 is 0.537 bits per heavy atom. The minimum absolute atomic E-state index is 0.290. The summed E-state index contributed by atoms with van der Waals surface area (Å²) in [5, 5.41) is 12.1.